The van der Waals surface area contributed by atoms with Gasteiger partial charge in [0.25, 0.3) is 5.91 Å². The second-order valence-corrected chi connectivity index (χ2v) is 8.98. The lowest BCUT2D eigenvalue weighted by Crippen LogP contribution is -2.64. The van der Waals surface area contributed by atoms with Crippen LogP contribution in [0.1, 0.15) is 23.0 Å². The maximum Gasteiger partial charge on any atom is 0.271 e. The van der Waals surface area contributed by atoms with E-state index >= 15 is 0 Å². The number of carbonyl (C=O) groups is 2. The van der Waals surface area contributed by atoms with Gasteiger partial charge in [0.05, 0.1) is 13.2 Å². The Balaban J connectivity index is 1.66. The van der Waals surface area contributed by atoms with E-state index in [4.69, 9.17) is 16.3 Å². The Kier molecular flexibility index (Phi) is 5.86. The zero-order chi connectivity index (χ0) is 21.3. The van der Waals surface area contributed by atoms with Crippen molar-refractivity contribution < 1.29 is 14.3 Å². The van der Waals surface area contributed by atoms with Crippen molar-refractivity contribution in [3.05, 3.63) is 58.1 Å². The molecule has 1 aliphatic heterocycles. The summed E-state index contributed by atoms with van der Waals surface area (Å²) in [5.74, 6) is -0.295. The molecule has 0 saturated heterocycles. The average Bonchev–Trinajstić information content (AvgIpc) is 3.32. The fraction of sp³-hybridized carbons (Fsp3) is 0.364. The lowest BCUT2D eigenvalue weighted by Gasteiger charge is -2.44. The first-order valence-corrected chi connectivity index (χ1v) is 11.1. The van der Waals surface area contributed by atoms with Crippen LogP contribution in [0, 0.1) is 0 Å². The van der Waals surface area contributed by atoms with Crippen LogP contribution in [0.4, 0.5) is 0 Å². The SMILES string of the molecule is COCCNC(=O)[C@@]1(C)Cn2c(cc3ccsc32)C(=O)N1CCc1ccc(Cl)cc1. The molecule has 0 aliphatic carbocycles. The summed E-state index contributed by atoms with van der Waals surface area (Å²) in [4.78, 5) is 29.4. The quantitative estimate of drug-likeness (QED) is 0.565. The second kappa shape index (κ2) is 8.41. The number of aromatic nitrogens is 1. The van der Waals surface area contributed by atoms with Crippen molar-refractivity contribution in [1.82, 2.24) is 14.8 Å². The van der Waals surface area contributed by atoms with Crippen LogP contribution in [0.25, 0.3) is 10.2 Å². The van der Waals surface area contributed by atoms with Crippen LogP contribution in [0.2, 0.25) is 5.02 Å². The monoisotopic (exact) mass is 445 g/mol. The van der Waals surface area contributed by atoms with Crippen LogP contribution < -0.4 is 5.32 Å². The molecule has 4 rings (SSSR count). The third kappa shape index (κ3) is 3.73. The number of hydrogen-bond donors (Lipinski definition) is 1. The predicted molar refractivity (Wildman–Crippen MR) is 119 cm³/mol. The van der Waals surface area contributed by atoms with E-state index in [0.29, 0.717) is 43.4 Å². The summed E-state index contributed by atoms with van der Waals surface area (Å²) in [5.41, 5.74) is 0.701. The predicted octanol–water partition coefficient (Wildman–Crippen LogP) is 3.58. The first kappa shape index (κ1) is 20.9. The summed E-state index contributed by atoms with van der Waals surface area (Å²) in [5, 5.41) is 6.64. The van der Waals surface area contributed by atoms with Gasteiger partial charge in [0, 0.05) is 30.6 Å². The molecule has 0 fully saturated rings. The third-order valence-corrected chi connectivity index (χ3v) is 6.85. The molecule has 3 aromatic rings. The molecule has 6 nitrogen and oxygen atoms in total. The second-order valence-electron chi connectivity index (χ2n) is 7.65. The van der Waals surface area contributed by atoms with Crippen LogP contribution in [-0.2, 0) is 22.5 Å². The fourth-order valence-corrected chi connectivity index (χ4v) is 4.98. The number of nitrogens with one attached hydrogen (secondary N) is 1. The Labute approximate surface area is 184 Å². The Morgan fingerprint density at radius 1 is 1.30 bits per heavy atom. The van der Waals surface area contributed by atoms with Crippen molar-refractivity contribution in [3.8, 4) is 0 Å². The molecule has 0 bridgehead atoms. The first-order valence-electron chi connectivity index (χ1n) is 9.84. The number of methoxy groups -OCH3 is 1. The van der Waals surface area contributed by atoms with Gasteiger partial charge in [-0.15, -0.1) is 11.3 Å². The van der Waals surface area contributed by atoms with Gasteiger partial charge in [-0.1, -0.05) is 23.7 Å². The molecule has 1 N–H and O–H groups in total. The molecular formula is C22H24ClN3O3S. The number of halogens is 1. The molecular weight excluding hydrogens is 422 g/mol. The van der Waals surface area contributed by atoms with E-state index in [1.54, 1.807) is 23.3 Å². The van der Waals surface area contributed by atoms with E-state index < -0.39 is 5.54 Å². The summed E-state index contributed by atoms with van der Waals surface area (Å²) >= 11 is 7.57. The van der Waals surface area contributed by atoms with Gasteiger partial charge in [-0.3, -0.25) is 9.59 Å². The average molecular weight is 446 g/mol. The van der Waals surface area contributed by atoms with Crippen LogP contribution in [0.3, 0.4) is 0 Å². The van der Waals surface area contributed by atoms with Gasteiger partial charge in [0.1, 0.15) is 16.1 Å². The number of benzene rings is 1. The van der Waals surface area contributed by atoms with Crippen molar-refractivity contribution in [2.75, 3.05) is 26.8 Å². The van der Waals surface area contributed by atoms with E-state index in [9.17, 15) is 9.59 Å². The number of hydrogen-bond acceptors (Lipinski definition) is 4. The van der Waals surface area contributed by atoms with Crippen LogP contribution in [0.15, 0.2) is 41.8 Å². The van der Waals surface area contributed by atoms with Crippen LogP contribution in [0.5, 0.6) is 0 Å². The summed E-state index contributed by atoms with van der Waals surface area (Å²) in [6.45, 7) is 3.52. The Bertz CT molecular complexity index is 1080. The van der Waals surface area contributed by atoms with Gasteiger partial charge >= 0.3 is 0 Å². The van der Waals surface area contributed by atoms with E-state index in [-0.39, 0.29) is 11.8 Å². The molecule has 1 aromatic carbocycles. The van der Waals surface area contributed by atoms with Crippen molar-refractivity contribution in [2.24, 2.45) is 0 Å². The van der Waals surface area contributed by atoms with E-state index in [1.807, 2.05) is 53.3 Å². The molecule has 0 spiro atoms. The lowest BCUT2D eigenvalue weighted by molar-refractivity contribution is -0.133. The maximum atomic E-state index is 13.5. The minimum absolute atomic E-state index is 0.122. The van der Waals surface area contributed by atoms with Gasteiger partial charge in [0.2, 0.25) is 5.91 Å². The fourth-order valence-electron chi connectivity index (χ4n) is 3.96. The highest BCUT2D eigenvalue weighted by atomic mass is 35.5. The standard InChI is InChI=1S/C22H24ClN3O3S/c1-22(21(28)24-9-11-29-2)14-25-18(13-16-8-12-30-20(16)25)19(27)26(22)10-7-15-3-5-17(23)6-4-15/h3-6,8,12-13H,7,9-11,14H2,1-2H3,(H,24,28)/t22-/m1/s1. The van der Waals surface area contributed by atoms with Crippen molar-refractivity contribution in [1.29, 1.82) is 0 Å². The smallest absolute Gasteiger partial charge is 0.271 e. The van der Waals surface area contributed by atoms with Crippen LogP contribution >= 0.6 is 22.9 Å². The van der Waals surface area contributed by atoms with E-state index in [1.165, 1.54) is 0 Å². The van der Waals surface area contributed by atoms with E-state index in [2.05, 4.69) is 5.32 Å². The van der Waals surface area contributed by atoms with Gasteiger partial charge < -0.3 is 19.5 Å². The molecule has 0 unspecified atom stereocenters. The molecule has 3 heterocycles. The summed E-state index contributed by atoms with van der Waals surface area (Å²) < 4.78 is 7.04. The largest absolute Gasteiger partial charge is 0.383 e. The summed E-state index contributed by atoms with van der Waals surface area (Å²) in [7, 11) is 1.59. The zero-order valence-corrected chi connectivity index (χ0v) is 18.6. The highest BCUT2D eigenvalue weighted by Crippen LogP contribution is 2.34. The topological polar surface area (TPSA) is 63.6 Å². The molecule has 0 saturated carbocycles. The highest BCUT2D eigenvalue weighted by molar-refractivity contribution is 7.16. The van der Waals surface area contributed by atoms with Gasteiger partial charge in [-0.25, -0.2) is 0 Å². The molecule has 1 atom stereocenters. The van der Waals surface area contributed by atoms with Gasteiger partial charge in [0.15, 0.2) is 0 Å². The number of amides is 2. The minimum atomic E-state index is -1.000. The Morgan fingerprint density at radius 2 is 2.07 bits per heavy atom. The number of fused-ring (bicyclic) bond motifs is 3. The Morgan fingerprint density at radius 3 is 2.80 bits per heavy atom. The molecule has 30 heavy (non-hydrogen) atoms. The van der Waals surface area contributed by atoms with Crippen LogP contribution in [-0.4, -0.2) is 53.6 Å². The zero-order valence-electron chi connectivity index (χ0n) is 17.0. The number of rotatable bonds is 7. The molecule has 2 amide bonds. The molecule has 2 aromatic heterocycles. The third-order valence-electron chi connectivity index (χ3n) is 5.65. The first-order chi connectivity index (χ1) is 14.4. The number of carbonyl (C=O) groups excluding carboxylic acids is 2. The van der Waals surface area contributed by atoms with Gasteiger partial charge in [-0.2, -0.15) is 0 Å². The maximum absolute atomic E-state index is 13.5. The lowest BCUT2D eigenvalue weighted by atomic mass is 9.94. The summed E-state index contributed by atoms with van der Waals surface area (Å²) in [6, 6.07) is 11.5. The summed E-state index contributed by atoms with van der Waals surface area (Å²) in [6.07, 6.45) is 0.638. The van der Waals surface area contributed by atoms with Crippen molar-refractivity contribution >= 4 is 45.0 Å². The molecule has 8 heteroatoms. The molecule has 1 aliphatic rings. The van der Waals surface area contributed by atoms with Gasteiger partial charge in [-0.05, 0) is 48.6 Å². The van der Waals surface area contributed by atoms with E-state index in [0.717, 1.165) is 15.8 Å². The minimum Gasteiger partial charge on any atom is -0.383 e. The molecule has 0 radical (unpaired) electrons. The highest BCUT2D eigenvalue weighted by Gasteiger charge is 2.47. The normalized spacial score (nSPS) is 18.6. The number of thiophene rings is 1. The number of ether oxygens (including phenoxy) is 1. The number of nitrogens with zero attached hydrogens (tertiary/aromatic N) is 2. The van der Waals surface area contributed by atoms with Crippen molar-refractivity contribution in [2.45, 2.75) is 25.4 Å². The Hall–Kier alpha value is -2.35. The van der Waals surface area contributed by atoms with Crippen molar-refractivity contribution in [3.63, 3.8) is 0 Å². The molecule has 158 valence electrons.